The smallest absolute Gasteiger partial charge is 0.244 e. The van der Waals surface area contributed by atoms with Crippen LogP contribution in [0.5, 0.6) is 0 Å². The van der Waals surface area contributed by atoms with Crippen molar-refractivity contribution in [1.29, 1.82) is 0 Å². The fraction of sp³-hybridized carbons (Fsp3) is 0.391. The first-order chi connectivity index (χ1) is 16.6. The number of sulfonamides is 1. The van der Waals surface area contributed by atoms with E-state index in [2.05, 4.69) is 5.32 Å². The van der Waals surface area contributed by atoms with E-state index >= 15 is 0 Å². The van der Waals surface area contributed by atoms with E-state index in [4.69, 9.17) is 58.0 Å². The van der Waals surface area contributed by atoms with Gasteiger partial charge in [0.2, 0.25) is 21.8 Å². The Bertz CT molecular complexity index is 1240. The highest BCUT2D eigenvalue weighted by molar-refractivity contribution is 7.92. The molecule has 0 saturated carbocycles. The van der Waals surface area contributed by atoms with Crippen molar-refractivity contribution in [3.63, 3.8) is 0 Å². The number of carbonyl (C=O) groups is 2. The summed E-state index contributed by atoms with van der Waals surface area (Å²) in [5.74, 6) is -1.07. The van der Waals surface area contributed by atoms with Gasteiger partial charge < -0.3 is 10.2 Å². The van der Waals surface area contributed by atoms with Crippen molar-refractivity contribution in [3.05, 3.63) is 61.0 Å². The standard InChI is InChI=1S/C23H26Cl5N3O4S/c1-5-13(2)29-23(33)14(3)30(11-15-6-7-16(24)8-17(15)25)22(32)12-31(36(4,34)35)21-10-19(27)18(26)9-20(21)28/h6-10,13-14H,5,11-12H2,1-4H3,(H,29,33)/t13-,14+/m1/s1. The molecule has 198 valence electrons. The molecule has 0 unspecified atom stereocenters. The molecule has 0 aliphatic heterocycles. The predicted octanol–water partition coefficient (Wildman–Crippen LogP) is 6.05. The number of nitrogens with one attached hydrogen (secondary N) is 1. The number of hydrogen-bond acceptors (Lipinski definition) is 4. The summed E-state index contributed by atoms with van der Waals surface area (Å²) in [6.45, 7) is 4.58. The van der Waals surface area contributed by atoms with Gasteiger partial charge in [-0.2, -0.15) is 0 Å². The third kappa shape index (κ3) is 8.04. The maximum atomic E-state index is 13.6. The molecule has 0 heterocycles. The van der Waals surface area contributed by atoms with Crippen LogP contribution in [-0.2, 0) is 26.2 Å². The second-order valence-corrected chi connectivity index (χ2v) is 12.2. The molecular weight excluding hydrogens is 592 g/mol. The molecular formula is C23H26Cl5N3O4S. The van der Waals surface area contributed by atoms with Gasteiger partial charge in [0.25, 0.3) is 0 Å². The predicted molar refractivity (Wildman–Crippen MR) is 148 cm³/mol. The SMILES string of the molecule is CC[C@@H](C)NC(=O)[C@H](C)N(Cc1ccc(Cl)cc1Cl)C(=O)CN(c1cc(Cl)c(Cl)cc1Cl)S(C)(=O)=O. The molecule has 0 bridgehead atoms. The first-order valence-electron chi connectivity index (χ1n) is 10.8. The summed E-state index contributed by atoms with van der Waals surface area (Å²) in [5.41, 5.74) is 0.499. The number of benzene rings is 2. The van der Waals surface area contributed by atoms with E-state index in [1.54, 1.807) is 19.1 Å². The average Bonchev–Trinajstić information content (AvgIpc) is 2.78. The van der Waals surface area contributed by atoms with Crippen molar-refractivity contribution >= 4 is 85.5 Å². The van der Waals surface area contributed by atoms with E-state index in [9.17, 15) is 18.0 Å². The largest absolute Gasteiger partial charge is 0.352 e. The van der Waals surface area contributed by atoms with Crippen LogP contribution in [0.3, 0.4) is 0 Å². The maximum Gasteiger partial charge on any atom is 0.244 e. The molecule has 2 aromatic carbocycles. The minimum Gasteiger partial charge on any atom is -0.352 e. The summed E-state index contributed by atoms with van der Waals surface area (Å²) in [6.07, 6.45) is 1.62. The Morgan fingerprint density at radius 3 is 2.11 bits per heavy atom. The van der Waals surface area contributed by atoms with Crippen molar-refractivity contribution < 1.29 is 18.0 Å². The lowest BCUT2D eigenvalue weighted by molar-refractivity contribution is -0.139. The molecule has 1 N–H and O–H groups in total. The lowest BCUT2D eigenvalue weighted by Crippen LogP contribution is -2.52. The third-order valence-electron chi connectivity index (χ3n) is 5.46. The summed E-state index contributed by atoms with van der Waals surface area (Å²) >= 11 is 30.6. The molecule has 7 nitrogen and oxygen atoms in total. The van der Waals surface area contributed by atoms with Gasteiger partial charge in [0.05, 0.1) is 27.0 Å². The Hall–Kier alpha value is -1.42. The molecule has 0 fully saturated rings. The molecule has 0 spiro atoms. The van der Waals surface area contributed by atoms with Crippen LogP contribution < -0.4 is 9.62 Å². The topological polar surface area (TPSA) is 86.8 Å². The number of anilines is 1. The summed E-state index contributed by atoms with van der Waals surface area (Å²) in [5, 5.41) is 3.71. The van der Waals surface area contributed by atoms with E-state index in [1.807, 2.05) is 13.8 Å². The highest BCUT2D eigenvalue weighted by Gasteiger charge is 2.31. The van der Waals surface area contributed by atoms with Gasteiger partial charge in [-0.05, 0) is 50.1 Å². The number of amides is 2. The van der Waals surface area contributed by atoms with E-state index in [0.29, 0.717) is 22.0 Å². The van der Waals surface area contributed by atoms with Crippen molar-refractivity contribution in [2.24, 2.45) is 0 Å². The first kappa shape index (κ1) is 30.8. The van der Waals surface area contributed by atoms with Crippen LogP contribution in [0.1, 0.15) is 32.8 Å². The van der Waals surface area contributed by atoms with E-state index in [-0.39, 0.29) is 33.3 Å². The normalized spacial score (nSPS) is 13.1. The van der Waals surface area contributed by atoms with Gasteiger partial charge in [-0.1, -0.05) is 71.0 Å². The number of carbonyl (C=O) groups excluding carboxylic acids is 2. The molecule has 13 heteroatoms. The Morgan fingerprint density at radius 2 is 1.56 bits per heavy atom. The molecule has 0 saturated heterocycles. The van der Waals surface area contributed by atoms with Crippen LogP contribution in [0.2, 0.25) is 25.1 Å². The summed E-state index contributed by atoms with van der Waals surface area (Å²) in [7, 11) is -4.00. The molecule has 0 aliphatic rings. The Kier molecular flexibility index (Phi) is 11.0. The molecule has 0 aromatic heterocycles. The van der Waals surface area contributed by atoms with Crippen LogP contribution in [-0.4, -0.2) is 50.0 Å². The Balaban J connectivity index is 2.49. The molecule has 36 heavy (non-hydrogen) atoms. The average molecular weight is 618 g/mol. The zero-order valence-corrected chi connectivity index (χ0v) is 24.6. The van der Waals surface area contributed by atoms with Gasteiger partial charge in [0.15, 0.2) is 0 Å². The lowest BCUT2D eigenvalue weighted by atomic mass is 10.1. The molecule has 2 amide bonds. The molecule has 2 aromatic rings. The van der Waals surface area contributed by atoms with Crippen LogP contribution in [0.15, 0.2) is 30.3 Å². The van der Waals surface area contributed by atoms with E-state index in [0.717, 1.165) is 10.6 Å². The highest BCUT2D eigenvalue weighted by Crippen LogP contribution is 2.35. The second kappa shape index (κ2) is 12.9. The van der Waals surface area contributed by atoms with Gasteiger partial charge >= 0.3 is 0 Å². The first-order valence-corrected chi connectivity index (χ1v) is 14.6. The summed E-state index contributed by atoms with van der Waals surface area (Å²) < 4.78 is 26.2. The lowest BCUT2D eigenvalue weighted by Gasteiger charge is -2.32. The van der Waals surface area contributed by atoms with Crippen molar-refractivity contribution in [3.8, 4) is 0 Å². The van der Waals surface area contributed by atoms with Gasteiger partial charge in [0, 0.05) is 22.6 Å². The number of nitrogens with zero attached hydrogens (tertiary/aromatic N) is 2. The van der Waals surface area contributed by atoms with Gasteiger partial charge in [-0.15, -0.1) is 0 Å². The Morgan fingerprint density at radius 1 is 0.944 bits per heavy atom. The van der Waals surface area contributed by atoms with E-state index in [1.165, 1.54) is 23.1 Å². The monoisotopic (exact) mass is 615 g/mol. The minimum absolute atomic E-state index is 0.0162. The van der Waals surface area contributed by atoms with Crippen molar-refractivity contribution in [2.45, 2.75) is 45.8 Å². The summed E-state index contributed by atoms with van der Waals surface area (Å²) in [6, 6.07) is 6.23. The van der Waals surface area contributed by atoms with Gasteiger partial charge in [-0.3, -0.25) is 13.9 Å². The number of rotatable bonds is 10. The number of halogens is 5. The van der Waals surface area contributed by atoms with Crippen LogP contribution in [0.25, 0.3) is 0 Å². The zero-order chi connectivity index (χ0) is 27.4. The molecule has 2 atom stereocenters. The zero-order valence-electron chi connectivity index (χ0n) is 20.0. The Labute approximate surface area is 236 Å². The second-order valence-electron chi connectivity index (χ2n) is 8.24. The van der Waals surface area contributed by atoms with Crippen LogP contribution in [0.4, 0.5) is 5.69 Å². The third-order valence-corrected chi connectivity index (χ3v) is 8.20. The molecule has 2 rings (SSSR count). The van der Waals surface area contributed by atoms with E-state index < -0.39 is 34.4 Å². The van der Waals surface area contributed by atoms with Crippen molar-refractivity contribution in [1.82, 2.24) is 10.2 Å². The van der Waals surface area contributed by atoms with Crippen molar-refractivity contribution in [2.75, 3.05) is 17.1 Å². The highest BCUT2D eigenvalue weighted by atomic mass is 35.5. The van der Waals surface area contributed by atoms with Crippen LogP contribution >= 0.6 is 58.0 Å². The molecule has 0 aliphatic carbocycles. The van der Waals surface area contributed by atoms with Gasteiger partial charge in [0.1, 0.15) is 12.6 Å². The quantitative estimate of drug-likeness (QED) is 0.329. The molecule has 0 radical (unpaired) electrons. The fourth-order valence-electron chi connectivity index (χ4n) is 3.18. The summed E-state index contributed by atoms with van der Waals surface area (Å²) in [4.78, 5) is 27.8. The van der Waals surface area contributed by atoms with Gasteiger partial charge in [-0.25, -0.2) is 8.42 Å². The van der Waals surface area contributed by atoms with Crippen LogP contribution in [0, 0.1) is 0 Å². The fourth-order valence-corrected chi connectivity index (χ4v) is 5.19. The number of hydrogen-bond donors (Lipinski definition) is 1. The minimum atomic E-state index is -4.00. The maximum absolute atomic E-state index is 13.6.